The highest BCUT2D eigenvalue weighted by Crippen LogP contribution is 2.52. The number of rotatable bonds is 2. The number of amides is 1. The SMILES string of the molecule is C[C@@H](O)[C@H]1C(=O)N2C(C(=O)O)=C3[C@@H](O)CCC[C@@H]3[C@H]12. The third-order valence-corrected chi connectivity index (χ3v) is 4.59. The molecule has 6 heteroatoms. The van der Waals surface area contributed by atoms with Gasteiger partial charge in [-0.2, -0.15) is 0 Å². The zero-order valence-corrected chi connectivity index (χ0v) is 10.6. The predicted molar refractivity (Wildman–Crippen MR) is 63.8 cm³/mol. The van der Waals surface area contributed by atoms with Gasteiger partial charge in [-0.05, 0) is 31.8 Å². The zero-order valence-electron chi connectivity index (χ0n) is 10.6. The molecule has 1 aliphatic carbocycles. The van der Waals surface area contributed by atoms with E-state index in [0.29, 0.717) is 12.0 Å². The normalized spacial score (nSPS) is 38.7. The summed E-state index contributed by atoms with van der Waals surface area (Å²) < 4.78 is 0. The van der Waals surface area contributed by atoms with Gasteiger partial charge in [0.05, 0.1) is 24.2 Å². The van der Waals surface area contributed by atoms with Crippen molar-refractivity contribution in [3.63, 3.8) is 0 Å². The summed E-state index contributed by atoms with van der Waals surface area (Å²) in [5.74, 6) is -2.17. The van der Waals surface area contributed by atoms with Crippen LogP contribution in [0.2, 0.25) is 0 Å². The van der Waals surface area contributed by atoms with Gasteiger partial charge in [-0.1, -0.05) is 0 Å². The van der Waals surface area contributed by atoms with Crippen LogP contribution in [0.3, 0.4) is 0 Å². The molecule has 2 aliphatic heterocycles. The lowest BCUT2D eigenvalue weighted by molar-refractivity contribution is -0.163. The van der Waals surface area contributed by atoms with Gasteiger partial charge in [0.2, 0.25) is 5.91 Å². The van der Waals surface area contributed by atoms with Crippen molar-refractivity contribution in [2.75, 3.05) is 0 Å². The Morgan fingerprint density at radius 2 is 2.11 bits per heavy atom. The first-order valence-electron chi connectivity index (χ1n) is 6.61. The Labute approximate surface area is 110 Å². The molecule has 1 saturated heterocycles. The van der Waals surface area contributed by atoms with Gasteiger partial charge in [-0.3, -0.25) is 4.79 Å². The number of aliphatic carboxylic acids is 1. The van der Waals surface area contributed by atoms with Crippen LogP contribution in [-0.4, -0.2) is 50.3 Å². The van der Waals surface area contributed by atoms with Crippen LogP contribution in [0.1, 0.15) is 26.2 Å². The largest absolute Gasteiger partial charge is 0.477 e. The Kier molecular flexibility index (Phi) is 2.69. The first-order chi connectivity index (χ1) is 8.95. The van der Waals surface area contributed by atoms with Gasteiger partial charge in [-0.15, -0.1) is 0 Å². The molecule has 2 heterocycles. The summed E-state index contributed by atoms with van der Waals surface area (Å²) in [4.78, 5) is 24.7. The van der Waals surface area contributed by atoms with Crippen molar-refractivity contribution in [2.24, 2.45) is 11.8 Å². The lowest BCUT2D eigenvalue weighted by atomic mass is 9.72. The van der Waals surface area contributed by atoms with Gasteiger partial charge in [0, 0.05) is 5.92 Å². The van der Waals surface area contributed by atoms with Crippen molar-refractivity contribution in [2.45, 2.75) is 44.4 Å². The molecule has 1 amide bonds. The highest BCUT2D eigenvalue weighted by Gasteiger charge is 2.62. The maximum atomic E-state index is 12.0. The first-order valence-corrected chi connectivity index (χ1v) is 6.61. The second kappa shape index (κ2) is 4.05. The van der Waals surface area contributed by atoms with E-state index in [2.05, 4.69) is 0 Å². The Balaban J connectivity index is 2.04. The molecule has 0 aromatic rings. The van der Waals surface area contributed by atoms with Crippen molar-refractivity contribution in [3.05, 3.63) is 11.3 Å². The molecule has 0 bridgehead atoms. The molecule has 0 aromatic carbocycles. The monoisotopic (exact) mass is 267 g/mol. The molecule has 19 heavy (non-hydrogen) atoms. The van der Waals surface area contributed by atoms with Crippen LogP contribution in [0.5, 0.6) is 0 Å². The second-order valence-corrected chi connectivity index (χ2v) is 5.63. The molecule has 3 rings (SSSR count). The van der Waals surface area contributed by atoms with Crippen molar-refractivity contribution in [3.8, 4) is 0 Å². The van der Waals surface area contributed by atoms with E-state index in [1.165, 1.54) is 4.90 Å². The lowest BCUT2D eigenvalue weighted by Gasteiger charge is -2.47. The number of carboxylic acid groups (broad SMARTS) is 1. The van der Waals surface area contributed by atoms with E-state index in [4.69, 9.17) is 0 Å². The Hall–Kier alpha value is -1.40. The summed E-state index contributed by atoms with van der Waals surface area (Å²) in [6.07, 6.45) is 0.547. The summed E-state index contributed by atoms with van der Waals surface area (Å²) in [5, 5.41) is 29.1. The lowest BCUT2D eigenvalue weighted by Crippen LogP contribution is -2.64. The number of hydrogen-bond acceptors (Lipinski definition) is 4. The van der Waals surface area contributed by atoms with E-state index in [1.807, 2.05) is 0 Å². The van der Waals surface area contributed by atoms with Crippen molar-refractivity contribution >= 4 is 11.9 Å². The fourth-order valence-electron chi connectivity index (χ4n) is 3.86. The summed E-state index contributed by atoms with van der Waals surface area (Å²) in [7, 11) is 0. The number of carbonyl (C=O) groups excluding carboxylic acids is 1. The van der Waals surface area contributed by atoms with Crippen LogP contribution in [0.4, 0.5) is 0 Å². The van der Waals surface area contributed by atoms with Crippen molar-refractivity contribution < 1.29 is 24.9 Å². The maximum Gasteiger partial charge on any atom is 0.352 e. The predicted octanol–water partition coefficient (Wildman–Crippen LogP) is -0.293. The van der Waals surface area contributed by atoms with E-state index in [1.54, 1.807) is 6.92 Å². The molecule has 0 spiro atoms. The minimum Gasteiger partial charge on any atom is -0.477 e. The van der Waals surface area contributed by atoms with Crippen LogP contribution >= 0.6 is 0 Å². The Morgan fingerprint density at radius 1 is 1.42 bits per heavy atom. The van der Waals surface area contributed by atoms with Gasteiger partial charge in [0.1, 0.15) is 5.70 Å². The molecule has 0 aromatic heterocycles. The van der Waals surface area contributed by atoms with Crippen molar-refractivity contribution in [1.82, 2.24) is 4.90 Å². The molecule has 0 radical (unpaired) electrons. The number of hydrogen-bond donors (Lipinski definition) is 3. The molecular formula is C13H17NO5. The fourth-order valence-corrected chi connectivity index (χ4v) is 3.86. The molecule has 0 unspecified atom stereocenters. The number of carboxylic acids is 1. The molecule has 6 nitrogen and oxygen atoms in total. The fraction of sp³-hybridized carbons (Fsp3) is 0.692. The van der Waals surface area contributed by atoms with Gasteiger partial charge >= 0.3 is 5.97 Å². The van der Waals surface area contributed by atoms with E-state index in [-0.39, 0.29) is 23.6 Å². The highest BCUT2D eigenvalue weighted by molar-refractivity contribution is 6.00. The highest BCUT2D eigenvalue weighted by atomic mass is 16.4. The molecule has 104 valence electrons. The smallest absolute Gasteiger partial charge is 0.352 e. The molecule has 2 fully saturated rings. The number of aliphatic hydroxyl groups excluding tert-OH is 2. The van der Waals surface area contributed by atoms with Crippen LogP contribution in [-0.2, 0) is 9.59 Å². The third kappa shape index (κ3) is 1.50. The molecule has 3 aliphatic rings. The summed E-state index contributed by atoms with van der Waals surface area (Å²) in [6, 6.07) is -0.288. The Bertz CT molecular complexity index is 483. The van der Waals surface area contributed by atoms with E-state index in [9.17, 15) is 24.9 Å². The van der Waals surface area contributed by atoms with Crippen LogP contribution in [0, 0.1) is 11.8 Å². The second-order valence-electron chi connectivity index (χ2n) is 5.63. The molecular weight excluding hydrogens is 250 g/mol. The van der Waals surface area contributed by atoms with E-state index >= 15 is 0 Å². The van der Waals surface area contributed by atoms with Gasteiger partial charge in [0.15, 0.2) is 0 Å². The van der Waals surface area contributed by atoms with Crippen LogP contribution < -0.4 is 0 Å². The number of fused-ring (bicyclic) bond motifs is 3. The topological polar surface area (TPSA) is 98.1 Å². The number of nitrogens with zero attached hydrogens (tertiary/aromatic N) is 1. The maximum absolute atomic E-state index is 12.0. The number of carbonyl (C=O) groups is 2. The summed E-state index contributed by atoms with van der Waals surface area (Å²) in [5.41, 5.74) is 0.435. The average Bonchev–Trinajstić information content (AvgIpc) is 2.61. The summed E-state index contributed by atoms with van der Waals surface area (Å²) >= 11 is 0. The van der Waals surface area contributed by atoms with Crippen LogP contribution in [0.15, 0.2) is 11.3 Å². The Morgan fingerprint density at radius 3 is 2.68 bits per heavy atom. The minimum absolute atomic E-state index is 0.0518. The molecule has 5 atom stereocenters. The quantitative estimate of drug-likeness (QED) is 0.597. The van der Waals surface area contributed by atoms with Crippen molar-refractivity contribution in [1.29, 1.82) is 0 Å². The third-order valence-electron chi connectivity index (χ3n) is 4.59. The van der Waals surface area contributed by atoms with E-state index < -0.39 is 24.1 Å². The number of β-lactam (4-membered cyclic amide) rings is 1. The minimum atomic E-state index is -1.17. The van der Waals surface area contributed by atoms with Gasteiger partial charge in [-0.25, -0.2) is 4.79 Å². The standard InChI is InChI=1S/C13H17NO5/c1-5(15)8-10-6-3-2-4-7(16)9(6)11(13(18)19)14(10)12(8)17/h5-8,10,15-16H,2-4H2,1H3,(H,18,19)/t5-,6+,7+,8-,10-/m1/s1. The first kappa shape index (κ1) is 12.6. The van der Waals surface area contributed by atoms with E-state index in [0.717, 1.165) is 12.8 Å². The number of aliphatic hydroxyl groups is 2. The average molecular weight is 267 g/mol. The van der Waals surface area contributed by atoms with Gasteiger partial charge in [0.25, 0.3) is 0 Å². The molecule has 1 saturated carbocycles. The van der Waals surface area contributed by atoms with Gasteiger partial charge < -0.3 is 20.2 Å². The van der Waals surface area contributed by atoms with Crippen LogP contribution in [0.25, 0.3) is 0 Å². The summed E-state index contributed by atoms with van der Waals surface area (Å²) in [6.45, 7) is 1.55. The molecule has 3 N–H and O–H groups in total. The zero-order chi connectivity index (χ0) is 13.9.